The van der Waals surface area contributed by atoms with Gasteiger partial charge in [-0.15, -0.1) is 13.2 Å². The lowest BCUT2D eigenvalue weighted by Gasteiger charge is -2.32. The lowest BCUT2D eigenvalue weighted by Crippen LogP contribution is -2.39. The zero-order valence-corrected chi connectivity index (χ0v) is 16.9. The van der Waals surface area contributed by atoms with Crippen LogP contribution in [0.15, 0.2) is 23.4 Å². The number of carbonyl (C=O) groups is 2. The number of hydrogen-bond acceptors (Lipinski definition) is 9. The van der Waals surface area contributed by atoms with Gasteiger partial charge in [0.15, 0.2) is 11.4 Å². The predicted octanol–water partition coefficient (Wildman–Crippen LogP) is 2.49. The molecule has 1 aromatic carbocycles. The molecule has 0 radical (unpaired) electrons. The average Bonchev–Trinajstić information content (AvgIpc) is 2.64. The Morgan fingerprint density at radius 3 is 2.38 bits per heavy atom. The van der Waals surface area contributed by atoms with Gasteiger partial charge in [0.2, 0.25) is 0 Å². The molecule has 1 aromatic rings. The largest absolute Gasteiger partial charge is 0.573 e. The zero-order chi connectivity index (χ0) is 21.9. The van der Waals surface area contributed by atoms with Gasteiger partial charge in [0, 0.05) is 9.64 Å². The molecule has 0 saturated heterocycles. The number of alkyl halides is 3. The van der Waals surface area contributed by atoms with Gasteiger partial charge in [-0.1, -0.05) is 0 Å². The molecule has 0 aromatic heterocycles. The molecular formula is C15H12F3IN2O8. The molecule has 0 saturated carbocycles. The number of nitro benzene ring substituents is 1. The lowest BCUT2D eigenvalue weighted by atomic mass is 10.1. The molecule has 0 bridgehead atoms. The monoisotopic (exact) mass is 532 g/mol. The first kappa shape index (κ1) is 22.7. The number of carbonyl (C=O) groups excluding carboxylic acids is 2. The summed E-state index contributed by atoms with van der Waals surface area (Å²) in [5, 5.41) is 11.5. The number of esters is 2. The minimum atomic E-state index is -5.19. The van der Waals surface area contributed by atoms with Crippen molar-refractivity contribution in [1.82, 2.24) is 0 Å². The fourth-order valence-corrected chi connectivity index (χ4v) is 3.07. The molecule has 0 amide bonds. The second kappa shape index (κ2) is 8.81. The Bertz CT molecular complexity index is 887. The van der Waals surface area contributed by atoms with Gasteiger partial charge in [-0.25, -0.2) is 9.59 Å². The van der Waals surface area contributed by atoms with Crippen molar-refractivity contribution < 1.29 is 46.6 Å². The molecule has 2 rings (SSSR count). The topological polar surface area (TPSA) is 117 Å². The van der Waals surface area contributed by atoms with Crippen molar-refractivity contribution in [1.29, 1.82) is 0 Å². The minimum Gasteiger partial charge on any atom is -0.466 e. The number of ether oxygens (including phenoxy) is 4. The van der Waals surface area contributed by atoms with Crippen molar-refractivity contribution in [3.8, 4) is 5.75 Å². The van der Waals surface area contributed by atoms with Crippen molar-refractivity contribution in [2.75, 3.05) is 32.5 Å². The van der Waals surface area contributed by atoms with Gasteiger partial charge in [-0.3, -0.25) is 10.1 Å². The van der Waals surface area contributed by atoms with Crippen molar-refractivity contribution in [2.24, 2.45) is 0 Å². The van der Waals surface area contributed by atoms with Gasteiger partial charge in [0.25, 0.3) is 5.69 Å². The van der Waals surface area contributed by atoms with E-state index in [9.17, 15) is 32.9 Å². The molecule has 158 valence electrons. The third-order valence-electron chi connectivity index (χ3n) is 3.54. The smallest absolute Gasteiger partial charge is 0.466 e. The standard InChI is InChI=1S/C15H12F3IN2O8/c1-26-13(22)8-5-28-6-20(11(8)14(23)27-2)12-9(21(24)25)3-7(19)4-10(12)29-15(16,17)18/h3-4H,5-6H2,1-2H3. The molecule has 0 spiro atoms. The second-order valence-corrected chi connectivity index (χ2v) is 6.54. The highest BCUT2D eigenvalue weighted by molar-refractivity contribution is 14.1. The maximum atomic E-state index is 12.9. The quantitative estimate of drug-likeness (QED) is 0.244. The lowest BCUT2D eigenvalue weighted by molar-refractivity contribution is -0.384. The van der Waals surface area contributed by atoms with Crippen LogP contribution < -0.4 is 9.64 Å². The number of anilines is 1. The molecule has 1 aliphatic heterocycles. The van der Waals surface area contributed by atoms with Gasteiger partial charge in [-0.2, -0.15) is 0 Å². The van der Waals surface area contributed by atoms with Gasteiger partial charge < -0.3 is 23.8 Å². The Balaban J connectivity index is 2.83. The number of methoxy groups -OCH3 is 2. The molecule has 10 nitrogen and oxygen atoms in total. The van der Waals surface area contributed by atoms with E-state index in [-0.39, 0.29) is 3.57 Å². The first-order valence-electron chi connectivity index (χ1n) is 7.48. The number of nitro groups is 1. The number of halogens is 4. The summed E-state index contributed by atoms with van der Waals surface area (Å²) < 4.78 is 57.0. The molecule has 0 fully saturated rings. The molecule has 0 unspecified atom stereocenters. The number of benzene rings is 1. The third-order valence-corrected chi connectivity index (χ3v) is 4.17. The third kappa shape index (κ3) is 5.06. The Morgan fingerprint density at radius 2 is 1.86 bits per heavy atom. The van der Waals surface area contributed by atoms with E-state index in [1.165, 1.54) is 0 Å². The molecular weight excluding hydrogens is 520 g/mol. The van der Waals surface area contributed by atoms with Gasteiger partial charge in [0.1, 0.15) is 12.4 Å². The van der Waals surface area contributed by atoms with Crippen molar-refractivity contribution in [3.05, 3.63) is 37.1 Å². The van der Waals surface area contributed by atoms with E-state index in [4.69, 9.17) is 4.74 Å². The van der Waals surface area contributed by atoms with E-state index in [1.807, 2.05) is 0 Å². The summed E-state index contributed by atoms with van der Waals surface area (Å²) in [6.45, 7) is -1.03. The Morgan fingerprint density at radius 1 is 1.24 bits per heavy atom. The van der Waals surface area contributed by atoms with Crippen LogP contribution in [0.4, 0.5) is 24.5 Å². The van der Waals surface area contributed by atoms with Crippen LogP contribution >= 0.6 is 22.6 Å². The summed E-state index contributed by atoms with van der Waals surface area (Å²) in [5.41, 5.74) is -2.51. The van der Waals surface area contributed by atoms with Gasteiger partial charge in [0.05, 0.1) is 31.3 Å². The van der Waals surface area contributed by atoms with E-state index >= 15 is 0 Å². The molecule has 1 aliphatic rings. The highest BCUT2D eigenvalue weighted by Gasteiger charge is 2.40. The Kier molecular flexibility index (Phi) is 6.89. The molecule has 1 heterocycles. The molecule has 0 aliphatic carbocycles. The van der Waals surface area contributed by atoms with Crippen LogP contribution in [-0.4, -0.2) is 50.8 Å². The minimum absolute atomic E-state index is 0.0621. The van der Waals surface area contributed by atoms with Crippen LogP contribution in [-0.2, 0) is 23.8 Å². The SMILES string of the molecule is COC(=O)C1=C(C(=O)OC)N(c2c(OC(F)(F)F)cc(I)cc2[N+](=O)[O-])COC1. The fourth-order valence-electron chi connectivity index (χ4n) is 2.49. The van der Waals surface area contributed by atoms with Crippen LogP contribution in [0.2, 0.25) is 0 Å². The number of rotatable bonds is 5. The van der Waals surface area contributed by atoms with E-state index in [1.54, 1.807) is 22.6 Å². The van der Waals surface area contributed by atoms with E-state index in [0.717, 1.165) is 26.4 Å². The average molecular weight is 532 g/mol. The van der Waals surface area contributed by atoms with Crippen LogP contribution in [0, 0.1) is 13.7 Å². The van der Waals surface area contributed by atoms with Crippen LogP contribution in [0.3, 0.4) is 0 Å². The van der Waals surface area contributed by atoms with Gasteiger partial charge >= 0.3 is 18.3 Å². The summed E-state index contributed by atoms with van der Waals surface area (Å²) in [6, 6.07) is 1.86. The summed E-state index contributed by atoms with van der Waals surface area (Å²) >= 11 is 1.57. The van der Waals surface area contributed by atoms with Crippen LogP contribution in [0.1, 0.15) is 0 Å². The second-order valence-electron chi connectivity index (χ2n) is 5.29. The molecule has 14 heteroatoms. The first-order chi connectivity index (χ1) is 13.5. The Labute approximate surface area is 174 Å². The summed E-state index contributed by atoms with van der Waals surface area (Å²) in [6.07, 6.45) is -5.19. The van der Waals surface area contributed by atoms with Crippen LogP contribution in [0.5, 0.6) is 5.75 Å². The molecule has 0 atom stereocenters. The van der Waals surface area contributed by atoms with E-state index in [0.29, 0.717) is 4.90 Å². The summed E-state index contributed by atoms with van der Waals surface area (Å²) in [4.78, 5) is 35.6. The highest BCUT2D eigenvalue weighted by atomic mass is 127. The Hall–Kier alpha value is -2.62. The first-order valence-corrected chi connectivity index (χ1v) is 8.56. The predicted molar refractivity (Wildman–Crippen MR) is 96.9 cm³/mol. The summed E-state index contributed by atoms with van der Waals surface area (Å²) in [5.74, 6) is -3.13. The fraction of sp³-hybridized carbons (Fsp3) is 0.333. The van der Waals surface area contributed by atoms with Crippen LogP contribution in [0.25, 0.3) is 0 Å². The normalized spacial score (nSPS) is 14.5. The maximum Gasteiger partial charge on any atom is 0.573 e. The van der Waals surface area contributed by atoms with E-state index in [2.05, 4.69) is 14.2 Å². The highest BCUT2D eigenvalue weighted by Crippen LogP contribution is 2.44. The van der Waals surface area contributed by atoms with Crippen molar-refractivity contribution >= 4 is 45.9 Å². The zero-order valence-electron chi connectivity index (χ0n) is 14.7. The van der Waals surface area contributed by atoms with Crippen molar-refractivity contribution in [2.45, 2.75) is 6.36 Å². The molecule has 29 heavy (non-hydrogen) atoms. The number of hydrogen-bond donors (Lipinski definition) is 0. The van der Waals surface area contributed by atoms with E-state index < -0.39 is 65.0 Å². The van der Waals surface area contributed by atoms with Gasteiger partial charge in [-0.05, 0) is 28.7 Å². The molecule has 0 N–H and O–H groups in total. The number of nitrogens with zero attached hydrogens (tertiary/aromatic N) is 2. The maximum absolute atomic E-state index is 12.9. The van der Waals surface area contributed by atoms with Crippen molar-refractivity contribution in [3.63, 3.8) is 0 Å². The summed E-state index contributed by atoms with van der Waals surface area (Å²) in [7, 11) is 1.97.